The second-order valence-electron chi connectivity index (χ2n) is 6.82. The molecule has 2 atom stereocenters. The van der Waals surface area contributed by atoms with Gasteiger partial charge < -0.3 is 15.4 Å². The second kappa shape index (κ2) is 8.60. The summed E-state index contributed by atoms with van der Waals surface area (Å²) in [6.45, 7) is 7.06. The Hall–Kier alpha value is -1.43. The van der Waals surface area contributed by atoms with Gasteiger partial charge in [-0.3, -0.25) is 9.69 Å². The third-order valence-corrected chi connectivity index (χ3v) is 5.05. The quantitative estimate of drug-likeness (QED) is 0.861. The van der Waals surface area contributed by atoms with Crippen LogP contribution in [0.3, 0.4) is 0 Å². The zero-order valence-corrected chi connectivity index (χ0v) is 14.6. The zero-order valence-electron chi connectivity index (χ0n) is 14.6. The third kappa shape index (κ3) is 4.56. The Kier molecular flexibility index (Phi) is 6.24. The number of benzene rings is 1. The minimum Gasteiger partial charge on any atom is -0.379 e. The van der Waals surface area contributed by atoms with Crippen molar-refractivity contribution >= 4 is 5.91 Å². The molecule has 0 aromatic heterocycles. The molecule has 2 fully saturated rings. The number of morpholine rings is 1. The molecule has 2 aliphatic rings. The van der Waals surface area contributed by atoms with E-state index in [1.165, 1.54) is 17.5 Å². The van der Waals surface area contributed by atoms with Crippen molar-refractivity contribution in [3.8, 4) is 0 Å². The molecular weight excluding hydrogens is 302 g/mol. The van der Waals surface area contributed by atoms with Crippen molar-refractivity contribution in [1.82, 2.24) is 15.5 Å². The summed E-state index contributed by atoms with van der Waals surface area (Å²) < 4.78 is 5.49. The van der Waals surface area contributed by atoms with E-state index in [-0.39, 0.29) is 18.0 Å². The summed E-state index contributed by atoms with van der Waals surface area (Å²) in [6.07, 6.45) is 3.25. The number of nitrogens with zero attached hydrogens (tertiary/aromatic N) is 1. The standard InChI is InChI=1S/C19H29N3O2/c1-15-5-7-16(8-6-15)18(22-10-12-24-13-11-22)14-21-19(23)17-4-2-3-9-20-17/h5-8,17-18,20H,2-4,9-14H2,1H3,(H,21,23)/t17-,18?/m1/s1. The van der Waals surface area contributed by atoms with Gasteiger partial charge >= 0.3 is 0 Å². The fraction of sp³-hybridized carbons (Fsp3) is 0.632. The lowest BCUT2D eigenvalue weighted by Crippen LogP contribution is -2.49. The molecule has 0 spiro atoms. The number of carbonyl (C=O) groups excluding carboxylic acids is 1. The Morgan fingerprint density at radius 3 is 2.71 bits per heavy atom. The van der Waals surface area contributed by atoms with Gasteiger partial charge in [-0.05, 0) is 31.9 Å². The van der Waals surface area contributed by atoms with E-state index in [0.29, 0.717) is 6.54 Å². The summed E-state index contributed by atoms with van der Waals surface area (Å²) >= 11 is 0. The van der Waals surface area contributed by atoms with Crippen molar-refractivity contribution in [2.24, 2.45) is 0 Å². The Morgan fingerprint density at radius 2 is 2.04 bits per heavy atom. The van der Waals surface area contributed by atoms with Gasteiger partial charge in [-0.1, -0.05) is 36.2 Å². The first-order valence-electron chi connectivity index (χ1n) is 9.13. The Bertz CT molecular complexity index is 520. The highest BCUT2D eigenvalue weighted by atomic mass is 16.5. The number of hydrogen-bond donors (Lipinski definition) is 2. The molecule has 132 valence electrons. The molecule has 1 unspecified atom stereocenters. The maximum atomic E-state index is 12.5. The van der Waals surface area contributed by atoms with Gasteiger partial charge in [0, 0.05) is 19.6 Å². The first-order valence-corrected chi connectivity index (χ1v) is 9.13. The van der Waals surface area contributed by atoms with E-state index in [1.807, 2.05) is 0 Å². The molecule has 3 rings (SSSR count). The maximum Gasteiger partial charge on any atom is 0.237 e. The maximum absolute atomic E-state index is 12.5. The summed E-state index contributed by atoms with van der Waals surface area (Å²) in [7, 11) is 0. The fourth-order valence-corrected chi connectivity index (χ4v) is 3.53. The van der Waals surface area contributed by atoms with Crippen molar-refractivity contribution in [2.75, 3.05) is 39.4 Å². The van der Waals surface area contributed by atoms with E-state index in [4.69, 9.17) is 4.74 Å². The molecular formula is C19H29N3O2. The molecule has 1 aromatic rings. The van der Waals surface area contributed by atoms with Gasteiger partial charge in [-0.2, -0.15) is 0 Å². The van der Waals surface area contributed by atoms with Gasteiger partial charge in [0.1, 0.15) is 0 Å². The lowest BCUT2D eigenvalue weighted by molar-refractivity contribution is -0.124. The van der Waals surface area contributed by atoms with Crippen molar-refractivity contribution in [3.05, 3.63) is 35.4 Å². The van der Waals surface area contributed by atoms with Crippen molar-refractivity contribution in [2.45, 2.75) is 38.3 Å². The number of piperidine rings is 1. The molecule has 2 N–H and O–H groups in total. The summed E-state index contributed by atoms with van der Waals surface area (Å²) in [4.78, 5) is 14.9. The van der Waals surface area contributed by atoms with E-state index < -0.39 is 0 Å². The monoisotopic (exact) mass is 331 g/mol. The molecule has 0 radical (unpaired) electrons. The summed E-state index contributed by atoms with van der Waals surface area (Å²) in [5.74, 6) is 0.139. The predicted octanol–water partition coefficient (Wildman–Crippen LogP) is 1.63. The van der Waals surface area contributed by atoms with Crippen LogP contribution in [-0.2, 0) is 9.53 Å². The summed E-state index contributed by atoms with van der Waals surface area (Å²) in [5, 5.41) is 6.50. The highest BCUT2D eigenvalue weighted by molar-refractivity contribution is 5.81. The minimum absolute atomic E-state index is 0.0258. The lowest BCUT2D eigenvalue weighted by Gasteiger charge is -2.35. The van der Waals surface area contributed by atoms with Crippen molar-refractivity contribution < 1.29 is 9.53 Å². The molecule has 1 amide bonds. The van der Waals surface area contributed by atoms with Crippen LogP contribution in [0.2, 0.25) is 0 Å². The molecule has 2 heterocycles. The van der Waals surface area contributed by atoms with Gasteiger partial charge in [0.25, 0.3) is 0 Å². The molecule has 0 bridgehead atoms. The molecule has 24 heavy (non-hydrogen) atoms. The van der Waals surface area contributed by atoms with E-state index in [9.17, 15) is 4.79 Å². The predicted molar refractivity (Wildman–Crippen MR) is 95.0 cm³/mol. The van der Waals surface area contributed by atoms with Gasteiger partial charge in [-0.15, -0.1) is 0 Å². The van der Waals surface area contributed by atoms with E-state index in [0.717, 1.165) is 45.7 Å². The first kappa shape index (κ1) is 17.4. The van der Waals surface area contributed by atoms with Gasteiger partial charge in [-0.25, -0.2) is 0 Å². The van der Waals surface area contributed by atoms with Crippen LogP contribution in [0.4, 0.5) is 0 Å². The molecule has 2 saturated heterocycles. The van der Waals surface area contributed by atoms with Crippen molar-refractivity contribution in [1.29, 1.82) is 0 Å². The lowest BCUT2D eigenvalue weighted by atomic mass is 10.0. The Morgan fingerprint density at radius 1 is 1.29 bits per heavy atom. The zero-order chi connectivity index (χ0) is 16.8. The number of aryl methyl sites for hydroxylation is 1. The van der Waals surface area contributed by atoms with Gasteiger partial charge in [0.15, 0.2) is 0 Å². The number of amides is 1. The third-order valence-electron chi connectivity index (χ3n) is 5.05. The Balaban J connectivity index is 1.64. The first-order chi connectivity index (χ1) is 11.7. The summed E-state index contributed by atoms with van der Waals surface area (Å²) in [6, 6.07) is 8.84. The molecule has 5 heteroatoms. The van der Waals surface area contributed by atoms with E-state index >= 15 is 0 Å². The number of hydrogen-bond acceptors (Lipinski definition) is 4. The minimum atomic E-state index is -0.0258. The molecule has 2 aliphatic heterocycles. The highest BCUT2D eigenvalue weighted by Crippen LogP contribution is 2.22. The SMILES string of the molecule is Cc1ccc(C(CNC(=O)[C@H]2CCCCN2)N2CCOCC2)cc1. The second-order valence-corrected chi connectivity index (χ2v) is 6.82. The van der Waals surface area contributed by atoms with E-state index in [2.05, 4.69) is 46.7 Å². The van der Waals surface area contributed by atoms with Crippen LogP contribution in [-0.4, -0.2) is 56.2 Å². The van der Waals surface area contributed by atoms with Gasteiger partial charge in [0.05, 0.1) is 25.3 Å². The average Bonchev–Trinajstić information content (AvgIpc) is 2.65. The van der Waals surface area contributed by atoms with Crippen LogP contribution >= 0.6 is 0 Å². The number of rotatable bonds is 5. The highest BCUT2D eigenvalue weighted by Gasteiger charge is 2.25. The van der Waals surface area contributed by atoms with Crippen LogP contribution in [0.1, 0.15) is 36.4 Å². The largest absolute Gasteiger partial charge is 0.379 e. The van der Waals surface area contributed by atoms with Crippen LogP contribution in [0.25, 0.3) is 0 Å². The van der Waals surface area contributed by atoms with Crippen LogP contribution < -0.4 is 10.6 Å². The number of ether oxygens (including phenoxy) is 1. The smallest absolute Gasteiger partial charge is 0.237 e. The average molecular weight is 331 g/mol. The van der Waals surface area contributed by atoms with Crippen molar-refractivity contribution in [3.63, 3.8) is 0 Å². The number of carbonyl (C=O) groups is 1. The van der Waals surface area contributed by atoms with Crippen LogP contribution in [0.15, 0.2) is 24.3 Å². The molecule has 0 aliphatic carbocycles. The van der Waals surface area contributed by atoms with E-state index in [1.54, 1.807) is 0 Å². The normalized spacial score (nSPS) is 23.6. The van der Waals surface area contributed by atoms with Gasteiger partial charge in [0.2, 0.25) is 5.91 Å². The summed E-state index contributed by atoms with van der Waals surface area (Å²) in [5.41, 5.74) is 2.52. The Labute approximate surface area is 144 Å². The molecule has 5 nitrogen and oxygen atoms in total. The van der Waals surface area contributed by atoms with Crippen LogP contribution in [0.5, 0.6) is 0 Å². The number of nitrogens with one attached hydrogen (secondary N) is 2. The fourth-order valence-electron chi connectivity index (χ4n) is 3.53. The van der Waals surface area contributed by atoms with Crippen LogP contribution in [0, 0.1) is 6.92 Å². The topological polar surface area (TPSA) is 53.6 Å². The molecule has 0 saturated carbocycles. The molecule has 1 aromatic carbocycles.